The maximum Gasteiger partial charge on any atom is 0.165 e. The largest absolute Gasteiger partial charge is 0.489 e. The van der Waals surface area contributed by atoms with Crippen molar-refractivity contribution in [1.82, 2.24) is 0 Å². The lowest BCUT2D eigenvalue weighted by molar-refractivity contribution is 0.307. The average molecular weight is 407 g/mol. The minimum absolute atomic E-state index is 0.730. The maximum absolute atomic E-state index is 6.33. The molecular formula is C28H24OP+. The molecule has 0 saturated heterocycles. The van der Waals surface area contributed by atoms with E-state index in [9.17, 15) is 0 Å². The van der Waals surface area contributed by atoms with E-state index in [4.69, 9.17) is 4.74 Å². The third kappa shape index (κ3) is 3.16. The first-order chi connectivity index (χ1) is 14.9. The highest BCUT2D eigenvalue weighted by molar-refractivity contribution is 7.99. The average Bonchev–Trinajstić information content (AvgIpc) is 3.33. The maximum atomic E-state index is 6.33. The molecule has 4 aromatic carbocycles. The predicted octanol–water partition coefficient (Wildman–Crippen LogP) is 5.77. The number of benzene rings is 4. The summed E-state index contributed by atoms with van der Waals surface area (Å²) < 4.78 is 6.33. The zero-order valence-electron chi connectivity index (χ0n) is 16.8. The van der Waals surface area contributed by atoms with Crippen molar-refractivity contribution < 1.29 is 4.74 Å². The minimum Gasteiger partial charge on any atom is -0.489 e. The second-order valence-corrected chi connectivity index (χ2v) is 10.8. The van der Waals surface area contributed by atoms with Gasteiger partial charge in [-0.1, -0.05) is 84.9 Å². The van der Waals surface area contributed by atoms with E-state index in [-0.39, 0.29) is 0 Å². The first-order valence-electron chi connectivity index (χ1n) is 10.4. The van der Waals surface area contributed by atoms with E-state index in [2.05, 4.69) is 121 Å². The molecule has 1 aliphatic heterocycles. The van der Waals surface area contributed by atoms with Crippen LogP contribution in [0, 0.1) is 0 Å². The van der Waals surface area contributed by atoms with Crippen molar-refractivity contribution in [2.24, 2.45) is 0 Å². The van der Waals surface area contributed by atoms with Crippen LogP contribution in [0.2, 0.25) is 0 Å². The standard InChI is InChI=1S/C28H24OP/c1-5-13-23(14-6-1)28-27(21-22-29-28)30(24-15-7-2-8-16-24,25-17-9-3-10-18-25)26-19-11-4-12-20-26/h1-20H,21-22H2/q+1. The fourth-order valence-electron chi connectivity index (χ4n) is 4.48. The Balaban J connectivity index is 1.90. The Morgan fingerprint density at radius 3 is 1.33 bits per heavy atom. The Morgan fingerprint density at radius 2 is 0.900 bits per heavy atom. The first kappa shape index (κ1) is 18.9. The highest BCUT2D eigenvalue weighted by Crippen LogP contribution is 2.66. The molecule has 0 radical (unpaired) electrons. The van der Waals surface area contributed by atoms with Gasteiger partial charge in [0, 0.05) is 12.0 Å². The molecule has 0 spiro atoms. The Kier molecular flexibility index (Phi) is 5.22. The van der Waals surface area contributed by atoms with Gasteiger partial charge in [-0.05, 0) is 36.4 Å². The topological polar surface area (TPSA) is 9.23 Å². The third-order valence-electron chi connectivity index (χ3n) is 5.72. The van der Waals surface area contributed by atoms with Crippen molar-refractivity contribution in [3.63, 3.8) is 0 Å². The van der Waals surface area contributed by atoms with Crippen LogP contribution in [0.25, 0.3) is 5.76 Å². The Morgan fingerprint density at radius 1 is 0.500 bits per heavy atom. The zero-order valence-corrected chi connectivity index (χ0v) is 17.7. The molecule has 0 amide bonds. The van der Waals surface area contributed by atoms with Crippen LogP contribution in [0.5, 0.6) is 0 Å². The van der Waals surface area contributed by atoms with E-state index in [1.54, 1.807) is 0 Å². The normalized spacial score (nSPS) is 13.9. The van der Waals surface area contributed by atoms with Crippen LogP contribution in [0.15, 0.2) is 127 Å². The van der Waals surface area contributed by atoms with Crippen molar-refractivity contribution in [2.75, 3.05) is 6.61 Å². The summed E-state index contributed by atoms with van der Waals surface area (Å²) in [6, 6.07) is 43.6. The summed E-state index contributed by atoms with van der Waals surface area (Å²) in [5.74, 6) is 1.06. The Hall–Kier alpha value is -3.15. The van der Waals surface area contributed by atoms with Crippen LogP contribution in [0.1, 0.15) is 12.0 Å². The number of hydrogen-bond acceptors (Lipinski definition) is 1. The Labute approximate surface area is 179 Å². The van der Waals surface area contributed by atoms with E-state index in [0.717, 1.165) is 24.4 Å². The van der Waals surface area contributed by atoms with Crippen molar-refractivity contribution >= 4 is 28.9 Å². The molecule has 0 aromatic heterocycles. The summed E-state index contributed by atoms with van der Waals surface area (Å²) in [4.78, 5) is 0. The molecule has 4 aromatic rings. The summed E-state index contributed by atoms with van der Waals surface area (Å²) in [5, 5.41) is 5.54. The monoisotopic (exact) mass is 407 g/mol. The lowest BCUT2D eigenvalue weighted by atomic mass is 10.2. The van der Waals surface area contributed by atoms with Crippen LogP contribution < -0.4 is 15.9 Å². The molecule has 30 heavy (non-hydrogen) atoms. The molecule has 1 nitrogen and oxygen atoms in total. The summed E-state index contributed by atoms with van der Waals surface area (Å²) in [7, 11) is -2.07. The number of ether oxygens (including phenoxy) is 1. The van der Waals surface area contributed by atoms with Gasteiger partial charge in [0.25, 0.3) is 0 Å². The molecular weight excluding hydrogens is 383 g/mol. The smallest absolute Gasteiger partial charge is 0.165 e. The van der Waals surface area contributed by atoms with E-state index >= 15 is 0 Å². The molecule has 0 saturated carbocycles. The molecule has 0 N–H and O–H groups in total. The molecule has 1 aliphatic rings. The molecule has 5 rings (SSSR count). The van der Waals surface area contributed by atoms with Gasteiger partial charge in [-0.15, -0.1) is 0 Å². The lowest BCUT2D eigenvalue weighted by Crippen LogP contribution is -2.32. The van der Waals surface area contributed by atoms with Gasteiger partial charge in [0.05, 0.1) is 6.61 Å². The molecule has 0 bridgehead atoms. The summed E-state index contributed by atoms with van der Waals surface area (Å²) in [5.41, 5.74) is 1.16. The van der Waals surface area contributed by atoms with E-state index < -0.39 is 7.26 Å². The lowest BCUT2D eigenvalue weighted by Gasteiger charge is -2.28. The van der Waals surface area contributed by atoms with Crippen molar-refractivity contribution in [1.29, 1.82) is 0 Å². The first-order valence-corrected chi connectivity index (χ1v) is 12.2. The van der Waals surface area contributed by atoms with Crippen LogP contribution in [-0.4, -0.2) is 6.61 Å². The van der Waals surface area contributed by atoms with Gasteiger partial charge in [-0.25, -0.2) is 0 Å². The predicted molar refractivity (Wildman–Crippen MR) is 129 cm³/mol. The van der Waals surface area contributed by atoms with Gasteiger partial charge < -0.3 is 4.74 Å². The molecule has 0 atom stereocenters. The van der Waals surface area contributed by atoms with Gasteiger partial charge >= 0.3 is 0 Å². The molecule has 0 aliphatic carbocycles. The Bertz CT molecular complexity index is 1040. The van der Waals surface area contributed by atoms with Crippen molar-refractivity contribution in [2.45, 2.75) is 6.42 Å². The molecule has 2 heteroatoms. The minimum atomic E-state index is -2.07. The zero-order chi connectivity index (χ0) is 20.2. The molecule has 0 unspecified atom stereocenters. The summed E-state index contributed by atoms with van der Waals surface area (Å²) in [6.07, 6.45) is 0.941. The van der Waals surface area contributed by atoms with Crippen molar-refractivity contribution in [3.8, 4) is 0 Å². The third-order valence-corrected chi connectivity index (χ3v) is 10.2. The van der Waals surface area contributed by atoms with E-state index in [1.807, 2.05) is 0 Å². The molecule has 1 heterocycles. The van der Waals surface area contributed by atoms with E-state index in [1.165, 1.54) is 21.2 Å². The van der Waals surface area contributed by atoms with Gasteiger partial charge in [-0.2, -0.15) is 0 Å². The van der Waals surface area contributed by atoms with Gasteiger partial charge in [0.15, 0.2) is 5.76 Å². The van der Waals surface area contributed by atoms with Gasteiger partial charge in [0.1, 0.15) is 28.5 Å². The fourth-order valence-corrected chi connectivity index (χ4v) is 9.09. The molecule has 146 valence electrons. The summed E-state index contributed by atoms with van der Waals surface area (Å²) >= 11 is 0. The van der Waals surface area contributed by atoms with Gasteiger partial charge in [-0.3, -0.25) is 0 Å². The second kappa shape index (κ2) is 8.30. The molecule has 0 fully saturated rings. The van der Waals surface area contributed by atoms with Crippen LogP contribution in [-0.2, 0) is 4.74 Å². The second-order valence-electron chi connectivity index (χ2n) is 7.42. The van der Waals surface area contributed by atoms with Gasteiger partial charge in [0.2, 0.25) is 0 Å². The van der Waals surface area contributed by atoms with E-state index in [0.29, 0.717) is 0 Å². The number of rotatable bonds is 5. The van der Waals surface area contributed by atoms with Crippen LogP contribution in [0.4, 0.5) is 0 Å². The SMILES string of the molecule is c1ccc(C2=C([P+](c3ccccc3)(c3ccccc3)c3ccccc3)CCO2)cc1. The van der Waals surface area contributed by atoms with Crippen LogP contribution >= 0.6 is 7.26 Å². The van der Waals surface area contributed by atoms with Crippen LogP contribution in [0.3, 0.4) is 0 Å². The quantitative estimate of drug-likeness (QED) is 0.382. The highest BCUT2D eigenvalue weighted by Gasteiger charge is 2.52. The van der Waals surface area contributed by atoms with Crippen molar-refractivity contribution in [3.05, 3.63) is 132 Å². The summed E-state index contributed by atoms with van der Waals surface area (Å²) in [6.45, 7) is 0.730. The fraction of sp³-hybridized carbons (Fsp3) is 0.0714. The number of hydrogen-bond donors (Lipinski definition) is 0. The highest BCUT2D eigenvalue weighted by atomic mass is 31.2.